The molecule has 0 saturated carbocycles. The molecule has 0 spiro atoms. The lowest BCUT2D eigenvalue weighted by atomic mass is 10.2. The van der Waals surface area contributed by atoms with Crippen LogP contribution in [0, 0.1) is 0 Å². The van der Waals surface area contributed by atoms with Crippen molar-refractivity contribution in [2.45, 2.75) is 24.7 Å². The Morgan fingerprint density at radius 2 is 1.68 bits per heavy atom. The highest BCUT2D eigenvalue weighted by Crippen LogP contribution is 2.18. The third-order valence-electron chi connectivity index (χ3n) is 3.30. The summed E-state index contributed by atoms with van der Waals surface area (Å²) in [5.41, 5.74) is 1.90. The van der Waals surface area contributed by atoms with Crippen molar-refractivity contribution >= 4 is 27.7 Å². The predicted octanol–water partition coefficient (Wildman–Crippen LogP) is 5.00. The molecule has 0 saturated heterocycles. The predicted molar refractivity (Wildman–Crippen MR) is 93.4 cm³/mol. The number of alkyl halides is 1. The molecule has 3 nitrogen and oxygen atoms in total. The lowest BCUT2D eigenvalue weighted by Gasteiger charge is -2.23. The number of carbonyl (C=O) groups excluding carboxylic acids is 1. The average Bonchev–Trinajstić information content (AvgIpc) is 2.59. The van der Waals surface area contributed by atoms with Crippen LogP contribution in [0.3, 0.4) is 0 Å². The van der Waals surface area contributed by atoms with Gasteiger partial charge >= 0.3 is 6.09 Å². The van der Waals surface area contributed by atoms with Crippen LogP contribution in [0.15, 0.2) is 60.7 Å². The van der Waals surface area contributed by atoms with Crippen molar-refractivity contribution in [3.63, 3.8) is 0 Å². The van der Waals surface area contributed by atoms with Gasteiger partial charge in [-0.2, -0.15) is 0 Å². The number of halogens is 1. The number of rotatable bonds is 6. The van der Waals surface area contributed by atoms with Crippen molar-refractivity contribution < 1.29 is 9.53 Å². The first-order valence-electron chi connectivity index (χ1n) is 7.38. The van der Waals surface area contributed by atoms with Gasteiger partial charge in [0.25, 0.3) is 0 Å². The Hall–Kier alpha value is -1.81. The zero-order valence-electron chi connectivity index (χ0n) is 12.6. The summed E-state index contributed by atoms with van der Waals surface area (Å²) in [4.78, 5) is 14.3. The van der Waals surface area contributed by atoms with Gasteiger partial charge in [0, 0.05) is 10.5 Å². The molecule has 0 aliphatic heterocycles. The number of anilines is 1. The molecule has 0 unspecified atom stereocenters. The van der Waals surface area contributed by atoms with E-state index in [-0.39, 0.29) is 10.9 Å². The lowest BCUT2D eigenvalue weighted by Crippen LogP contribution is -2.32. The molecule has 1 atom stereocenters. The van der Waals surface area contributed by atoms with Crippen LogP contribution in [-0.4, -0.2) is 17.5 Å². The van der Waals surface area contributed by atoms with Gasteiger partial charge in [-0.25, -0.2) is 4.79 Å². The van der Waals surface area contributed by atoms with E-state index in [1.807, 2.05) is 67.6 Å². The standard InChI is InChI=1S/C18H20BrNO2/c1-2-16(19)14-22-18(21)20(17-11-7-4-8-12-17)13-15-9-5-3-6-10-15/h3-12,16H,2,13-14H2,1H3/t16-/m0/s1. The number of carbonyl (C=O) groups is 1. The van der Waals surface area contributed by atoms with Gasteiger partial charge in [0.15, 0.2) is 0 Å². The van der Waals surface area contributed by atoms with Crippen LogP contribution in [0.2, 0.25) is 0 Å². The molecule has 0 heterocycles. The Labute approximate surface area is 140 Å². The second-order valence-corrected chi connectivity index (χ2v) is 6.28. The van der Waals surface area contributed by atoms with Crippen LogP contribution < -0.4 is 4.90 Å². The van der Waals surface area contributed by atoms with E-state index in [1.165, 1.54) is 0 Å². The molecule has 4 heteroatoms. The fourth-order valence-corrected chi connectivity index (χ4v) is 2.12. The molecule has 2 aromatic rings. The van der Waals surface area contributed by atoms with Gasteiger partial charge in [0.2, 0.25) is 0 Å². The fraction of sp³-hybridized carbons (Fsp3) is 0.278. The number of hydrogen-bond acceptors (Lipinski definition) is 2. The van der Waals surface area contributed by atoms with Crippen molar-refractivity contribution in [2.75, 3.05) is 11.5 Å². The van der Waals surface area contributed by atoms with Crippen LogP contribution in [0.4, 0.5) is 10.5 Å². The molecule has 116 valence electrons. The summed E-state index contributed by atoms with van der Waals surface area (Å²) in [5, 5.41) is 0. The molecule has 1 amide bonds. The summed E-state index contributed by atoms with van der Waals surface area (Å²) >= 11 is 3.48. The van der Waals surface area contributed by atoms with E-state index < -0.39 is 0 Å². The highest BCUT2D eigenvalue weighted by molar-refractivity contribution is 9.09. The van der Waals surface area contributed by atoms with Crippen LogP contribution >= 0.6 is 15.9 Å². The highest BCUT2D eigenvalue weighted by Gasteiger charge is 2.18. The van der Waals surface area contributed by atoms with Crippen molar-refractivity contribution in [3.05, 3.63) is 66.2 Å². The maximum absolute atomic E-state index is 12.5. The Balaban J connectivity index is 2.13. The summed E-state index contributed by atoms with van der Waals surface area (Å²) in [6.07, 6.45) is 0.588. The van der Waals surface area contributed by atoms with E-state index in [1.54, 1.807) is 4.90 Å². The van der Waals surface area contributed by atoms with Gasteiger partial charge in [0.05, 0.1) is 6.54 Å². The lowest BCUT2D eigenvalue weighted by molar-refractivity contribution is 0.153. The number of benzene rings is 2. The van der Waals surface area contributed by atoms with E-state index in [0.717, 1.165) is 17.7 Å². The van der Waals surface area contributed by atoms with E-state index in [4.69, 9.17) is 4.74 Å². The van der Waals surface area contributed by atoms with Gasteiger partial charge in [-0.05, 0) is 24.1 Å². The minimum atomic E-state index is -0.326. The number of ether oxygens (including phenoxy) is 1. The first-order chi connectivity index (χ1) is 10.7. The molecule has 0 bridgehead atoms. The summed E-state index contributed by atoms with van der Waals surface area (Å²) in [6.45, 7) is 2.91. The van der Waals surface area contributed by atoms with Crippen molar-refractivity contribution in [2.24, 2.45) is 0 Å². The zero-order chi connectivity index (χ0) is 15.8. The first kappa shape index (κ1) is 16.6. The molecule has 0 fully saturated rings. The normalized spacial score (nSPS) is 11.7. The first-order valence-corrected chi connectivity index (χ1v) is 8.29. The molecule has 0 radical (unpaired) electrons. The summed E-state index contributed by atoms with van der Waals surface area (Å²) in [5.74, 6) is 0. The van der Waals surface area contributed by atoms with Crippen LogP contribution in [0.5, 0.6) is 0 Å². The Bertz CT molecular complexity index is 574. The third-order valence-corrected chi connectivity index (χ3v) is 4.21. The molecule has 2 aromatic carbocycles. The van der Waals surface area contributed by atoms with Gasteiger partial charge in [-0.15, -0.1) is 0 Å². The van der Waals surface area contributed by atoms with Crippen LogP contribution in [0.1, 0.15) is 18.9 Å². The maximum Gasteiger partial charge on any atom is 0.414 e. The molecular weight excluding hydrogens is 342 g/mol. The van der Waals surface area contributed by atoms with E-state index in [0.29, 0.717) is 13.2 Å². The highest BCUT2D eigenvalue weighted by atomic mass is 79.9. The smallest absolute Gasteiger partial charge is 0.414 e. The van der Waals surface area contributed by atoms with Crippen molar-refractivity contribution in [1.82, 2.24) is 0 Å². The molecule has 0 aliphatic rings. The molecule has 0 aromatic heterocycles. The topological polar surface area (TPSA) is 29.5 Å². The summed E-state index contributed by atoms with van der Waals surface area (Å²) in [7, 11) is 0. The van der Waals surface area contributed by atoms with Crippen LogP contribution in [-0.2, 0) is 11.3 Å². The maximum atomic E-state index is 12.5. The molecule has 0 N–H and O–H groups in total. The third kappa shape index (κ3) is 4.88. The van der Waals surface area contributed by atoms with Crippen molar-refractivity contribution in [3.8, 4) is 0 Å². The van der Waals surface area contributed by atoms with Gasteiger partial charge in [-0.1, -0.05) is 71.4 Å². The number of para-hydroxylation sites is 1. The number of amides is 1. The summed E-state index contributed by atoms with van der Waals surface area (Å²) < 4.78 is 5.42. The largest absolute Gasteiger partial charge is 0.448 e. The van der Waals surface area contributed by atoms with Gasteiger partial charge < -0.3 is 4.74 Å². The summed E-state index contributed by atoms with van der Waals surface area (Å²) in [6, 6.07) is 19.5. The zero-order valence-corrected chi connectivity index (χ0v) is 14.2. The molecule has 2 rings (SSSR count). The SMILES string of the molecule is CC[C@H](Br)COC(=O)N(Cc1ccccc1)c1ccccc1. The Morgan fingerprint density at radius 3 is 2.27 bits per heavy atom. The molecular formula is C18H20BrNO2. The monoisotopic (exact) mass is 361 g/mol. The Morgan fingerprint density at radius 1 is 1.09 bits per heavy atom. The molecule has 22 heavy (non-hydrogen) atoms. The van der Waals surface area contributed by atoms with E-state index in [9.17, 15) is 4.79 Å². The average molecular weight is 362 g/mol. The quantitative estimate of drug-likeness (QED) is 0.677. The number of hydrogen-bond donors (Lipinski definition) is 0. The second-order valence-electron chi connectivity index (χ2n) is 4.99. The molecule has 0 aliphatic carbocycles. The second kappa shape index (κ2) is 8.59. The van der Waals surface area contributed by atoms with Crippen LogP contribution in [0.25, 0.3) is 0 Å². The number of nitrogens with zero attached hydrogens (tertiary/aromatic N) is 1. The van der Waals surface area contributed by atoms with Gasteiger partial charge in [-0.3, -0.25) is 4.90 Å². The minimum Gasteiger partial charge on any atom is -0.448 e. The van der Waals surface area contributed by atoms with E-state index in [2.05, 4.69) is 15.9 Å². The minimum absolute atomic E-state index is 0.186. The fourth-order valence-electron chi connectivity index (χ4n) is 1.99. The van der Waals surface area contributed by atoms with Crippen molar-refractivity contribution in [1.29, 1.82) is 0 Å². The van der Waals surface area contributed by atoms with Gasteiger partial charge in [0.1, 0.15) is 6.61 Å². The van der Waals surface area contributed by atoms with E-state index >= 15 is 0 Å². The Kier molecular flexibility index (Phi) is 6.46.